The fourth-order valence-corrected chi connectivity index (χ4v) is 1.17. The van der Waals surface area contributed by atoms with Gasteiger partial charge >= 0.3 is 0 Å². The average molecular weight is 182 g/mol. The van der Waals surface area contributed by atoms with Gasteiger partial charge in [-0.15, -0.1) is 0 Å². The maximum absolute atomic E-state index is 5.43. The van der Waals surface area contributed by atoms with Gasteiger partial charge in [0.2, 0.25) is 0 Å². The summed E-state index contributed by atoms with van der Waals surface area (Å²) in [7, 11) is 0. The molecule has 0 radical (unpaired) electrons. The molecule has 0 spiro atoms. The van der Waals surface area contributed by atoms with E-state index in [0.717, 1.165) is 24.3 Å². The highest BCUT2D eigenvalue weighted by Gasteiger charge is 1.93. The number of nitrogens with two attached hydrogens (primary N) is 1. The van der Waals surface area contributed by atoms with Crippen molar-refractivity contribution < 1.29 is 0 Å². The van der Waals surface area contributed by atoms with Gasteiger partial charge in [0.05, 0.1) is 5.69 Å². The SMILES string of the molecule is NCc1ccc(CCCS)cn1. The predicted molar refractivity (Wildman–Crippen MR) is 54.3 cm³/mol. The van der Waals surface area contributed by atoms with Crippen LogP contribution in [0.25, 0.3) is 0 Å². The predicted octanol–water partition coefficient (Wildman–Crippen LogP) is 1.40. The van der Waals surface area contributed by atoms with Gasteiger partial charge < -0.3 is 5.73 Å². The minimum absolute atomic E-state index is 0.521. The maximum atomic E-state index is 5.43. The molecule has 0 unspecified atom stereocenters. The zero-order chi connectivity index (χ0) is 8.81. The highest BCUT2D eigenvalue weighted by molar-refractivity contribution is 7.80. The summed E-state index contributed by atoms with van der Waals surface area (Å²) >= 11 is 4.15. The van der Waals surface area contributed by atoms with Gasteiger partial charge in [0.1, 0.15) is 0 Å². The molecular formula is C9H14N2S. The van der Waals surface area contributed by atoms with E-state index in [-0.39, 0.29) is 0 Å². The Balaban J connectivity index is 2.53. The lowest BCUT2D eigenvalue weighted by Crippen LogP contribution is -1.99. The number of hydrogen-bond acceptors (Lipinski definition) is 3. The summed E-state index contributed by atoms with van der Waals surface area (Å²) in [6.45, 7) is 0.521. The van der Waals surface area contributed by atoms with Gasteiger partial charge in [0, 0.05) is 12.7 Å². The standard InChI is InChI=1S/C9H14N2S/c10-6-9-4-3-8(7-11-9)2-1-5-12/h3-4,7,12H,1-2,5-6,10H2. The Kier molecular flexibility index (Phi) is 4.11. The van der Waals surface area contributed by atoms with Gasteiger partial charge in [-0.2, -0.15) is 12.6 Å². The topological polar surface area (TPSA) is 38.9 Å². The molecule has 1 aromatic rings. The van der Waals surface area contributed by atoms with Crippen molar-refractivity contribution in [3.63, 3.8) is 0 Å². The second-order valence-corrected chi connectivity index (χ2v) is 3.14. The molecule has 3 heteroatoms. The monoisotopic (exact) mass is 182 g/mol. The molecule has 2 nitrogen and oxygen atoms in total. The summed E-state index contributed by atoms with van der Waals surface area (Å²) in [5.41, 5.74) is 7.64. The van der Waals surface area contributed by atoms with Crippen LogP contribution >= 0.6 is 12.6 Å². The van der Waals surface area contributed by atoms with E-state index < -0.39 is 0 Å². The van der Waals surface area contributed by atoms with E-state index in [2.05, 4.69) is 23.7 Å². The molecule has 0 saturated heterocycles. The molecule has 0 aliphatic rings. The fraction of sp³-hybridized carbons (Fsp3) is 0.444. The van der Waals surface area contributed by atoms with Crippen molar-refractivity contribution in [2.24, 2.45) is 5.73 Å². The third-order valence-corrected chi connectivity index (χ3v) is 2.03. The lowest BCUT2D eigenvalue weighted by molar-refractivity contribution is 0.910. The van der Waals surface area contributed by atoms with E-state index in [1.54, 1.807) is 0 Å². The van der Waals surface area contributed by atoms with Gasteiger partial charge in [0.15, 0.2) is 0 Å². The molecule has 0 aromatic carbocycles. The molecule has 0 aliphatic carbocycles. The number of hydrogen-bond donors (Lipinski definition) is 2. The maximum Gasteiger partial charge on any atom is 0.0539 e. The molecular weight excluding hydrogens is 168 g/mol. The highest BCUT2D eigenvalue weighted by Crippen LogP contribution is 2.03. The number of aromatic nitrogens is 1. The number of rotatable bonds is 4. The van der Waals surface area contributed by atoms with Crippen LogP contribution in [0.2, 0.25) is 0 Å². The third-order valence-electron chi connectivity index (χ3n) is 1.72. The number of nitrogens with zero attached hydrogens (tertiary/aromatic N) is 1. The van der Waals surface area contributed by atoms with Crippen LogP contribution in [0.5, 0.6) is 0 Å². The summed E-state index contributed by atoms with van der Waals surface area (Å²) in [6.07, 6.45) is 4.06. The summed E-state index contributed by atoms with van der Waals surface area (Å²) in [4.78, 5) is 4.20. The van der Waals surface area contributed by atoms with E-state index in [1.165, 1.54) is 5.56 Å². The molecule has 1 rings (SSSR count). The second-order valence-electron chi connectivity index (χ2n) is 2.69. The van der Waals surface area contributed by atoms with Crippen LogP contribution in [0, 0.1) is 0 Å². The lowest BCUT2D eigenvalue weighted by atomic mass is 10.1. The summed E-state index contributed by atoms with van der Waals surface area (Å²) in [5, 5.41) is 0. The van der Waals surface area contributed by atoms with Crippen LogP contribution in [0.1, 0.15) is 17.7 Å². The van der Waals surface area contributed by atoms with Crippen molar-refractivity contribution in [1.29, 1.82) is 0 Å². The van der Waals surface area contributed by atoms with Crippen molar-refractivity contribution in [3.8, 4) is 0 Å². The van der Waals surface area contributed by atoms with Gasteiger partial charge in [-0.25, -0.2) is 0 Å². The van der Waals surface area contributed by atoms with Crippen molar-refractivity contribution in [2.45, 2.75) is 19.4 Å². The lowest BCUT2D eigenvalue weighted by Gasteiger charge is -1.99. The van der Waals surface area contributed by atoms with Gasteiger partial charge in [-0.1, -0.05) is 6.07 Å². The quantitative estimate of drug-likeness (QED) is 0.691. The Labute approximate surface area is 78.6 Å². The van der Waals surface area contributed by atoms with Crippen molar-refractivity contribution in [2.75, 3.05) is 5.75 Å². The Morgan fingerprint density at radius 1 is 1.42 bits per heavy atom. The molecule has 1 heterocycles. The molecule has 0 atom stereocenters. The first-order valence-electron chi connectivity index (χ1n) is 4.11. The molecule has 0 amide bonds. The Morgan fingerprint density at radius 3 is 2.75 bits per heavy atom. The zero-order valence-electron chi connectivity index (χ0n) is 7.03. The number of thiol groups is 1. The van der Waals surface area contributed by atoms with Gasteiger partial charge in [0.25, 0.3) is 0 Å². The highest BCUT2D eigenvalue weighted by atomic mass is 32.1. The van der Waals surface area contributed by atoms with Crippen LogP contribution in [0.15, 0.2) is 18.3 Å². The third kappa shape index (κ3) is 2.83. The van der Waals surface area contributed by atoms with Crippen LogP contribution < -0.4 is 5.73 Å². The molecule has 12 heavy (non-hydrogen) atoms. The first-order chi connectivity index (χ1) is 5.86. The molecule has 1 aromatic heterocycles. The number of pyridine rings is 1. The Bertz CT molecular complexity index is 220. The summed E-state index contributed by atoms with van der Waals surface area (Å²) in [6, 6.07) is 4.06. The minimum atomic E-state index is 0.521. The van der Waals surface area contributed by atoms with Crippen molar-refractivity contribution >= 4 is 12.6 Å². The smallest absolute Gasteiger partial charge is 0.0539 e. The number of aryl methyl sites for hydroxylation is 1. The Morgan fingerprint density at radius 2 is 2.25 bits per heavy atom. The van der Waals surface area contributed by atoms with Crippen LogP contribution in [0.4, 0.5) is 0 Å². The van der Waals surface area contributed by atoms with Crippen LogP contribution in [0.3, 0.4) is 0 Å². The molecule has 0 saturated carbocycles. The van der Waals surface area contributed by atoms with Crippen LogP contribution in [-0.2, 0) is 13.0 Å². The molecule has 66 valence electrons. The largest absolute Gasteiger partial charge is 0.325 e. The van der Waals surface area contributed by atoms with E-state index in [0.29, 0.717) is 6.54 Å². The summed E-state index contributed by atoms with van der Waals surface area (Å²) < 4.78 is 0. The molecule has 0 fully saturated rings. The van der Waals surface area contributed by atoms with Crippen molar-refractivity contribution in [1.82, 2.24) is 4.98 Å². The van der Waals surface area contributed by atoms with Crippen molar-refractivity contribution in [3.05, 3.63) is 29.6 Å². The van der Waals surface area contributed by atoms with Gasteiger partial charge in [-0.3, -0.25) is 4.98 Å². The normalized spacial score (nSPS) is 10.2. The van der Waals surface area contributed by atoms with E-state index in [9.17, 15) is 0 Å². The molecule has 0 bridgehead atoms. The Hall–Kier alpha value is -0.540. The first kappa shape index (κ1) is 9.55. The minimum Gasteiger partial charge on any atom is -0.325 e. The average Bonchev–Trinajstić information content (AvgIpc) is 2.15. The second kappa shape index (κ2) is 5.17. The van der Waals surface area contributed by atoms with Gasteiger partial charge in [-0.05, 0) is 30.2 Å². The first-order valence-corrected chi connectivity index (χ1v) is 4.75. The van der Waals surface area contributed by atoms with Crippen LogP contribution in [-0.4, -0.2) is 10.7 Å². The van der Waals surface area contributed by atoms with E-state index >= 15 is 0 Å². The zero-order valence-corrected chi connectivity index (χ0v) is 7.93. The molecule has 2 N–H and O–H groups in total. The van der Waals surface area contributed by atoms with E-state index in [4.69, 9.17) is 5.73 Å². The fourth-order valence-electron chi connectivity index (χ4n) is 1.01. The summed E-state index contributed by atoms with van der Waals surface area (Å²) in [5.74, 6) is 0.929. The van der Waals surface area contributed by atoms with E-state index in [1.807, 2.05) is 12.3 Å². The molecule has 0 aliphatic heterocycles.